The molecule has 0 bridgehead atoms. The SMILES string of the molecule is O=C(c1cc(F)c(Cl)cc1F)c1cc(Cl)ccc1Cl. The van der Waals surface area contributed by atoms with Crippen molar-refractivity contribution < 1.29 is 13.6 Å². The molecule has 0 aliphatic carbocycles. The molecule has 0 unspecified atom stereocenters. The Hall–Kier alpha value is -1.16. The first-order chi connectivity index (χ1) is 8.90. The maximum Gasteiger partial charge on any atom is 0.197 e. The molecule has 0 radical (unpaired) electrons. The van der Waals surface area contributed by atoms with Crippen LogP contribution < -0.4 is 0 Å². The van der Waals surface area contributed by atoms with Crippen molar-refractivity contribution in [1.29, 1.82) is 0 Å². The molecule has 2 aromatic carbocycles. The lowest BCUT2D eigenvalue weighted by Crippen LogP contribution is -2.06. The highest BCUT2D eigenvalue weighted by Crippen LogP contribution is 2.26. The molecule has 1 nitrogen and oxygen atoms in total. The van der Waals surface area contributed by atoms with Crippen LogP contribution in [0.4, 0.5) is 8.78 Å². The van der Waals surface area contributed by atoms with Gasteiger partial charge in [-0.05, 0) is 30.3 Å². The number of rotatable bonds is 2. The van der Waals surface area contributed by atoms with Gasteiger partial charge < -0.3 is 0 Å². The molecule has 0 saturated heterocycles. The van der Waals surface area contributed by atoms with E-state index >= 15 is 0 Å². The molecule has 19 heavy (non-hydrogen) atoms. The molecule has 0 saturated carbocycles. The van der Waals surface area contributed by atoms with Crippen LogP contribution in [0.2, 0.25) is 15.1 Å². The van der Waals surface area contributed by atoms with E-state index in [1.54, 1.807) is 0 Å². The summed E-state index contributed by atoms with van der Waals surface area (Å²) in [5.74, 6) is -2.57. The van der Waals surface area contributed by atoms with Crippen LogP contribution in [-0.4, -0.2) is 5.78 Å². The quantitative estimate of drug-likeness (QED) is 0.552. The third-order valence-electron chi connectivity index (χ3n) is 2.43. The number of halogens is 5. The Labute approximate surface area is 122 Å². The average Bonchev–Trinajstić information content (AvgIpc) is 2.36. The summed E-state index contributed by atoms with van der Waals surface area (Å²) in [6.45, 7) is 0. The lowest BCUT2D eigenvalue weighted by molar-refractivity contribution is 0.103. The van der Waals surface area contributed by atoms with Crippen LogP contribution in [0, 0.1) is 11.6 Å². The normalized spacial score (nSPS) is 10.6. The average molecular weight is 322 g/mol. The maximum absolute atomic E-state index is 13.7. The van der Waals surface area contributed by atoms with Gasteiger partial charge in [0, 0.05) is 10.6 Å². The second-order valence-electron chi connectivity index (χ2n) is 3.70. The van der Waals surface area contributed by atoms with Crippen LogP contribution in [-0.2, 0) is 0 Å². The van der Waals surface area contributed by atoms with Gasteiger partial charge in [-0.15, -0.1) is 0 Å². The summed E-state index contributed by atoms with van der Waals surface area (Å²) in [7, 11) is 0. The van der Waals surface area contributed by atoms with Crippen molar-refractivity contribution in [3.63, 3.8) is 0 Å². The van der Waals surface area contributed by atoms with E-state index in [0.29, 0.717) is 0 Å². The Morgan fingerprint density at radius 3 is 2.21 bits per heavy atom. The minimum Gasteiger partial charge on any atom is -0.288 e. The number of carbonyl (C=O) groups excluding carboxylic acids is 1. The first-order valence-corrected chi connectivity index (χ1v) is 6.18. The first kappa shape index (κ1) is 14.3. The van der Waals surface area contributed by atoms with Gasteiger partial charge in [-0.25, -0.2) is 8.78 Å². The van der Waals surface area contributed by atoms with Crippen molar-refractivity contribution in [1.82, 2.24) is 0 Å². The molecule has 6 heteroatoms. The largest absolute Gasteiger partial charge is 0.288 e. The Bertz CT molecular complexity index is 671. The molecule has 0 N–H and O–H groups in total. The molecule has 2 aromatic rings. The van der Waals surface area contributed by atoms with Crippen LogP contribution in [0.5, 0.6) is 0 Å². The van der Waals surface area contributed by atoms with Gasteiger partial charge in [-0.3, -0.25) is 4.79 Å². The van der Waals surface area contributed by atoms with E-state index in [1.165, 1.54) is 18.2 Å². The van der Waals surface area contributed by atoms with Gasteiger partial charge in [0.25, 0.3) is 0 Å². The van der Waals surface area contributed by atoms with Crippen molar-refractivity contribution in [2.75, 3.05) is 0 Å². The standard InChI is InChI=1S/C13H5Cl3F2O/c14-6-1-2-9(15)7(3-6)13(19)8-4-12(18)10(16)5-11(8)17/h1-5H. The molecule has 0 spiro atoms. The summed E-state index contributed by atoms with van der Waals surface area (Å²) in [6.07, 6.45) is 0. The number of hydrogen-bond acceptors (Lipinski definition) is 1. The van der Waals surface area contributed by atoms with Crippen LogP contribution in [0.1, 0.15) is 15.9 Å². The van der Waals surface area contributed by atoms with Gasteiger partial charge in [0.2, 0.25) is 0 Å². The topological polar surface area (TPSA) is 17.1 Å². The van der Waals surface area contributed by atoms with Crippen LogP contribution in [0.25, 0.3) is 0 Å². The summed E-state index contributed by atoms with van der Waals surface area (Å²) in [5.41, 5.74) is -0.458. The fraction of sp³-hybridized carbons (Fsp3) is 0. The van der Waals surface area contributed by atoms with Crippen molar-refractivity contribution in [2.24, 2.45) is 0 Å². The highest BCUT2D eigenvalue weighted by atomic mass is 35.5. The highest BCUT2D eigenvalue weighted by Gasteiger charge is 2.19. The van der Waals surface area contributed by atoms with Crippen molar-refractivity contribution in [2.45, 2.75) is 0 Å². The smallest absolute Gasteiger partial charge is 0.197 e. The molecule has 0 aromatic heterocycles. The fourth-order valence-corrected chi connectivity index (χ4v) is 2.04. The predicted molar refractivity (Wildman–Crippen MR) is 71.3 cm³/mol. The lowest BCUT2D eigenvalue weighted by atomic mass is 10.0. The minimum atomic E-state index is -0.924. The Balaban J connectivity index is 2.56. The Kier molecular flexibility index (Phi) is 4.09. The molecule has 0 aliphatic heterocycles. The van der Waals surface area contributed by atoms with E-state index in [0.717, 1.165) is 12.1 Å². The third kappa shape index (κ3) is 2.89. The fourth-order valence-electron chi connectivity index (χ4n) is 1.51. The predicted octanol–water partition coefficient (Wildman–Crippen LogP) is 5.16. The van der Waals surface area contributed by atoms with Crippen LogP contribution in [0.3, 0.4) is 0 Å². The zero-order valence-corrected chi connectivity index (χ0v) is 11.5. The number of benzene rings is 2. The highest BCUT2D eigenvalue weighted by molar-refractivity contribution is 6.37. The molecule has 98 valence electrons. The zero-order chi connectivity index (χ0) is 14.2. The van der Waals surface area contributed by atoms with E-state index in [4.69, 9.17) is 34.8 Å². The monoisotopic (exact) mass is 320 g/mol. The molecular formula is C13H5Cl3F2O. The van der Waals surface area contributed by atoms with Gasteiger partial charge in [0.15, 0.2) is 5.78 Å². The Morgan fingerprint density at radius 2 is 1.53 bits per heavy atom. The molecule has 0 heterocycles. The van der Waals surface area contributed by atoms with Gasteiger partial charge in [-0.2, -0.15) is 0 Å². The summed E-state index contributed by atoms with van der Waals surface area (Å²) in [4.78, 5) is 12.1. The van der Waals surface area contributed by atoms with Crippen LogP contribution >= 0.6 is 34.8 Å². The second-order valence-corrected chi connectivity index (χ2v) is 4.95. The molecule has 0 aliphatic rings. The molecule has 0 atom stereocenters. The van der Waals surface area contributed by atoms with Gasteiger partial charge >= 0.3 is 0 Å². The second kappa shape index (κ2) is 5.45. The van der Waals surface area contributed by atoms with E-state index in [2.05, 4.69) is 0 Å². The van der Waals surface area contributed by atoms with Gasteiger partial charge in [0.1, 0.15) is 11.6 Å². The first-order valence-electron chi connectivity index (χ1n) is 5.04. The van der Waals surface area contributed by atoms with Gasteiger partial charge in [0.05, 0.1) is 15.6 Å². The summed E-state index contributed by atoms with van der Waals surface area (Å²) >= 11 is 17.0. The van der Waals surface area contributed by atoms with Crippen LogP contribution in [0.15, 0.2) is 30.3 Å². The summed E-state index contributed by atoms with van der Waals surface area (Å²) in [6, 6.07) is 5.65. The third-order valence-corrected chi connectivity index (χ3v) is 3.28. The number of hydrogen-bond donors (Lipinski definition) is 0. The Morgan fingerprint density at radius 1 is 0.842 bits per heavy atom. The van der Waals surface area contributed by atoms with Crippen molar-refractivity contribution in [3.05, 3.63) is 68.2 Å². The lowest BCUT2D eigenvalue weighted by Gasteiger charge is -2.06. The van der Waals surface area contributed by atoms with E-state index in [-0.39, 0.29) is 15.6 Å². The van der Waals surface area contributed by atoms with Crippen molar-refractivity contribution >= 4 is 40.6 Å². The molecule has 2 rings (SSSR count). The van der Waals surface area contributed by atoms with Crippen molar-refractivity contribution in [3.8, 4) is 0 Å². The van der Waals surface area contributed by atoms with Gasteiger partial charge in [-0.1, -0.05) is 34.8 Å². The number of ketones is 1. The zero-order valence-electron chi connectivity index (χ0n) is 9.18. The van der Waals surface area contributed by atoms with E-state index < -0.39 is 28.0 Å². The maximum atomic E-state index is 13.7. The molecular weight excluding hydrogens is 316 g/mol. The molecule has 0 amide bonds. The van der Waals surface area contributed by atoms with E-state index in [1.807, 2.05) is 0 Å². The molecule has 0 fully saturated rings. The minimum absolute atomic E-state index is 0.00482. The summed E-state index contributed by atoms with van der Waals surface area (Å²) < 4.78 is 27.0. The summed E-state index contributed by atoms with van der Waals surface area (Å²) in [5, 5.41) is -0.0296. The number of carbonyl (C=O) groups is 1. The van der Waals surface area contributed by atoms with E-state index in [9.17, 15) is 13.6 Å².